The SMILES string of the molecule is CCOc1cccc(OC(=N\c2ccccc2)/C(C)=C/Oc2ccccc2OC)c1. The van der Waals surface area contributed by atoms with Gasteiger partial charge in [-0.25, -0.2) is 4.99 Å². The standard InChI is InChI=1S/C25H25NO4/c1-4-28-21-13-10-14-22(17-21)30-25(26-20-11-6-5-7-12-20)19(2)18-29-24-16-9-8-15-23(24)27-3/h5-18H,4H2,1-3H3/b19-18+,26-25-. The first-order chi connectivity index (χ1) is 14.7. The Balaban J connectivity index is 1.89. The molecule has 5 nitrogen and oxygen atoms in total. The molecule has 0 aliphatic rings. The first kappa shape index (κ1) is 21.0. The van der Waals surface area contributed by atoms with Crippen LogP contribution < -0.4 is 18.9 Å². The second kappa shape index (κ2) is 10.7. The van der Waals surface area contributed by atoms with Crippen molar-refractivity contribution in [1.29, 1.82) is 0 Å². The maximum absolute atomic E-state index is 6.10. The lowest BCUT2D eigenvalue weighted by molar-refractivity contribution is 0.339. The molecular formula is C25H25NO4. The molecule has 0 aliphatic carbocycles. The molecule has 0 aliphatic heterocycles. The molecule has 0 N–H and O–H groups in total. The molecule has 0 saturated heterocycles. The number of benzene rings is 3. The van der Waals surface area contributed by atoms with E-state index < -0.39 is 0 Å². The van der Waals surface area contributed by atoms with Gasteiger partial charge in [-0.05, 0) is 50.2 Å². The number of rotatable bonds is 8. The number of para-hydroxylation sites is 3. The van der Waals surface area contributed by atoms with Crippen molar-refractivity contribution in [2.75, 3.05) is 13.7 Å². The van der Waals surface area contributed by atoms with Crippen molar-refractivity contribution < 1.29 is 18.9 Å². The molecule has 0 aromatic heterocycles. The fourth-order valence-electron chi connectivity index (χ4n) is 2.64. The average molecular weight is 403 g/mol. The third kappa shape index (κ3) is 5.88. The van der Waals surface area contributed by atoms with Crippen molar-refractivity contribution in [2.24, 2.45) is 4.99 Å². The Hall–Kier alpha value is -3.73. The molecule has 0 atom stereocenters. The number of ether oxygens (including phenoxy) is 4. The van der Waals surface area contributed by atoms with E-state index in [1.165, 1.54) is 0 Å². The Morgan fingerprint density at radius 2 is 1.57 bits per heavy atom. The third-order valence-corrected chi connectivity index (χ3v) is 4.09. The number of hydrogen-bond donors (Lipinski definition) is 0. The molecule has 0 fully saturated rings. The predicted molar refractivity (Wildman–Crippen MR) is 119 cm³/mol. The maximum atomic E-state index is 6.10. The van der Waals surface area contributed by atoms with Gasteiger partial charge in [-0.2, -0.15) is 0 Å². The summed E-state index contributed by atoms with van der Waals surface area (Å²) < 4.78 is 22.8. The van der Waals surface area contributed by atoms with Crippen LogP contribution in [-0.4, -0.2) is 19.6 Å². The Labute approximate surface area is 177 Å². The van der Waals surface area contributed by atoms with Crippen LogP contribution in [0.2, 0.25) is 0 Å². The van der Waals surface area contributed by atoms with Crippen LogP contribution in [0, 0.1) is 0 Å². The minimum Gasteiger partial charge on any atom is -0.494 e. The van der Waals surface area contributed by atoms with Crippen LogP contribution >= 0.6 is 0 Å². The van der Waals surface area contributed by atoms with Gasteiger partial charge in [0.2, 0.25) is 5.90 Å². The van der Waals surface area contributed by atoms with Gasteiger partial charge < -0.3 is 18.9 Å². The van der Waals surface area contributed by atoms with E-state index in [0.717, 1.165) is 11.4 Å². The lowest BCUT2D eigenvalue weighted by atomic mass is 10.3. The first-order valence-corrected chi connectivity index (χ1v) is 9.71. The molecule has 0 bridgehead atoms. The quantitative estimate of drug-likeness (QED) is 0.256. The maximum Gasteiger partial charge on any atom is 0.225 e. The number of nitrogens with zero attached hydrogens (tertiary/aromatic N) is 1. The molecule has 0 heterocycles. The fourth-order valence-corrected chi connectivity index (χ4v) is 2.64. The van der Waals surface area contributed by atoms with E-state index in [9.17, 15) is 0 Å². The first-order valence-electron chi connectivity index (χ1n) is 9.71. The highest BCUT2D eigenvalue weighted by molar-refractivity contribution is 5.96. The monoisotopic (exact) mass is 403 g/mol. The predicted octanol–water partition coefficient (Wildman–Crippen LogP) is 6.19. The molecule has 0 radical (unpaired) electrons. The summed E-state index contributed by atoms with van der Waals surface area (Å²) in [5, 5.41) is 0. The van der Waals surface area contributed by atoms with Gasteiger partial charge in [0.1, 0.15) is 11.5 Å². The summed E-state index contributed by atoms with van der Waals surface area (Å²) in [6, 6.07) is 24.5. The summed E-state index contributed by atoms with van der Waals surface area (Å²) in [4.78, 5) is 4.66. The average Bonchev–Trinajstić information content (AvgIpc) is 2.78. The molecule has 0 unspecified atom stereocenters. The zero-order valence-electron chi connectivity index (χ0n) is 17.4. The summed E-state index contributed by atoms with van der Waals surface area (Å²) >= 11 is 0. The van der Waals surface area contributed by atoms with Crippen LogP contribution in [0.15, 0.2) is 95.7 Å². The van der Waals surface area contributed by atoms with Crippen LogP contribution in [0.5, 0.6) is 23.0 Å². The van der Waals surface area contributed by atoms with Crippen LogP contribution in [0.1, 0.15) is 13.8 Å². The zero-order valence-corrected chi connectivity index (χ0v) is 17.4. The fraction of sp³-hybridized carbons (Fsp3) is 0.160. The largest absolute Gasteiger partial charge is 0.494 e. The van der Waals surface area contributed by atoms with Gasteiger partial charge in [0.15, 0.2) is 11.5 Å². The van der Waals surface area contributed by atoms with Crippen LogP contribution in [0.25, 0.3) is 0 Å². The summed E-state index contributed by atoms with van der Waals surface area (Å²) in [5.41, 5.74) is 1.49. The van der Waals surface area contributed by atoms with Crippen molar-refractivity contribution in [2.45, 2.75) is 13.8 Å². The second-order valence-electron chi connectivity index (χ2n) is 6.33. The van der Waals surface area contributed by atoms with E-state index in [-0.39, 0.29) is 0 Å². The van der Waals surface area contributed by atoms with Gasteiger partial charge >= 0.3 is 0 Å². The van der Waals surface area contributed by atoms with Crippen molar-refractivity contribution in [1.82, 2.24) is 0 Å². The summed E-state index contributed by atoms with van der Waals surface area (Å²) in [5.74, 6) is 3.04. The van der Waals surface area contributed by atoms with E-state index in [1.807, 2.05) is 92.7 Å². The Morgan fingerprint density at radius 3 is 2.30 bits per heavy atom. The highest BCUT2D eigenvalue weighted by Crippen LogP contribution is 2.27. The molecule has 3 aromatic carbocycles. The molecule has 0 saturated carbocycles. The Bertz CT molecular complexity index is 1010. The van der Waals surface area contributed by atoms with Crippen LogP contribution in [0.4, 0.5) is 5.69 Å². The molecular weight excluding hydrogens is 378 g/mol. The lowest BCUT2D eigenvalue weighted by Gasteiger charge is -2.12. The van der Waals surface area contributed by atoms with Gasteiger partial charge in [0, 0.05) is 11.6 Å². The smallest absolute Gasteiger partial charge is 0.225 e. The van der Waals surface area contributed by atoms with E-state index >= 15 is 0 Å². The van der Waals surface area contributed by atoms with Crippen LogP contribution in [-0.2, 0) is 0 Å². The van der Waals surface area contributed by atoms with Gasteiger partial charge in [-0.1, -0.05) is 36.4 Å². The lowest BCUT2D eigenvalue weighted by Crippen LogP contribution is -2.11. The number of methoxy groups -OCH3 is 1. The van der Waals surface area contributed by atoms with Crippen molar-refractivity contribution in [3.8, 4) is 23.0 Å². The second-order valence-corrected chi connectivity index (χ2v) is 6.33. The summed E-state index contributed by atoms with van der Waals surface area (Å²) in [6.45, 7) is 4.40. The molecule has 5 heteroatoms. The van der Waals surface area contributed by atoms with Crippen LogP contribution in [0.3, 0.4) is 0 Å². The minimum absolute atomic E-state index is 0.421. The van der Waals surface area contributed by atoms with E-state index in [2.05, 4.69) is 4.99 Å². The highest BCUT2D eigenvalue weighted by Gasteiger charge is 2.10. The summed E-state index contributed by atoms with van der Waals surface area (Å²) in [6.07, 6.45) is 1.60. The topological polar surface area (TPSA) is 49.3 Å². The van der Waals surface area contributed by atoms with Gasteiger partial charge in [-0.3, -0.25) is 0 Å². The molecule has 3 aromatic rings. The van der Waals surface area contributed by atoms with Gasteiger partial charge in [0.25, 0.3) is 0 Å². The molecule has 0 amide bonds. The summed E-state index contributed by atoms with van der Waals surface area (Å²) in [7, 11) is 1.61. The third-order valence-electron chi connectivity index (χ3n) is 4.09. The number of aliphatic imine (C=N–C) groups is 1. The van der Waals surface area contributed by atoms with Crippen molar-refractivity contribution in [3.63, 3.8) is 0 Å². The Morgan fingerprint density at radius 1 is 0.867 bits per heavy atom. The molecule has 154 valence electrons. The van der Waals surface area contributed by atoms with E-state index in [0.29, 0.717) is 35.3 Å². The highest BCUT2D eigenvalue weighted by atomic mass is 16.5. The van der Waals surface area contributed by atoms with Crippen molar-refractivity contribution >= 4 is 11.6 Å². The molecule has 0 spiro atoms. The minimum atomic E-state index is 0.421. The van der Waals surface area contributed by atoms with E-state index in [4.69, 9.17) is 18.9 Å². The van der Waals surface area contributed by atoms with Gasteiger partial charge in [-0.15, -0.1) is 0 Å². The Kier molecular flexibility index (Phi) is 7.50. The van der Waals surface area contributed by atoms with Crippen molar-refractivity contribution in [3.05, 3.63) is 90.7 Å². The number of hydrogen-bond acceptors (Lipinski definition) is 5. The molecule has 30 heavy (non-hydrogen) atoms. The van der Waals surface area contributed by atoms with E-state index in [1.54, 1.807) is 13.4 Å². The molecule has 3 rings (SSSR count). The zero-order chi connectivity index (χ0) is 21.2. The normalized spacial score (nSPS) is 11.7. The van der Waals surface area contributed by atoms with Gasteiger partial charge in [0.05, 0.1) is 25.7 Å².